The van der Waals surface area contributed by atoms with Gasteiger partial charge in [-0.15, -0.1) is 0 Å². The Bertz CT molecular complexity index is 479. The number of pyridine rings is 1. The topological polar surface area (TPSA) is 57.6 Å². The third kappa shape index (κ3) is 2.66. The maximum atomic E-state index is 12.4. The fourth-order valence-electron chi connectivity index (χ4n) is 2.63. The molecule has 100 valence electrons. The molecule has 3 heterocycles. The van der Waals surface area contributed by atoms with Gasteiger partial charge in [-0.2, -0.15) is 5.10 Å². The van der Waals surface area contributed by atoms with Crippen LogP contribution in [0.2, 0.25) is 0 Å². The van der Waals surface area contributed by atoms with Crippen LogP contribution in [-0.4, -0.2) is 41.2 Å². The Balaban J connectivity index is 1.70. The van der Waals surface area contributed by atoms with Crippen LogP contribution in [0.15, 0.2) is 29.6 Å². The molecule has 1 amide bonds. The van der Waals surface area contributed by atoms with Crippen molar-refractivity contribution >= 4 is 11.6 Å². The average molecular weight is 258 g/mol. The molecule has 0 saturated carbocycles. The molecule has 2 aliphatic heterocycles. The van der Waals surface area contributed by atoms with Crippen molar-refractivity contribution < 1.29 is 4.79 Å². The number of hydrogen-bond acceptors (Lipinski definition) is 4. The van der Waals surface area contributed by atoms with Crippen LogP contribution in [0.25, 0.3) is 0 Å². The lowest BCUT2D eigenvalue weighted by molar-refractivity contribution is -0.135. The van der Waals surface area contributed by atoms with Crippen molar-refractivity contribution in [1.82, 2.24) is 15.3 Å². The largest absolute Gasteiger partial charge is 0.317 e. The van der Waals surface area contributed by atoms with Crippen molar-refractivity contribution in [2.45, 2.75) is 19.3 Å². The molecule has 1 aromatic rings. The van der Waals surface area contributed by atoms with Gasteiger partial charge in [-0.05, 0) is 32.0 Å². The molecule has 19 heavy (non-hydrogen) atoms. The van der Waals surface area contributed by atoms with Gasteiger partial charge >= 0.3 is 0 Å². The molecule has 1 saturated heterocycles. The number of nitrogens with zero attached hydrogens (tertiary/aromatic N) is 3. The minimum atomic E-state index is 0.137. The van der Waals surface area contributed by atoms with Gasteiger partial charge in [0.15, 0.2) is 0 Å². The van der Waals surface area contributed by atoms with E-state index in [4.69, 9.17) is 0 Å². The van der Waals surface area contributed by atoms with E-state index in [2.05, 4.69) is 15.4 Å². The summed E-state index contributed by atoms with van der Waals surface area (Å²) in [6.45, 7) is 2.57. The lowest BCUT2D eigenvalue weighted by atomic mass is 9.97. The maximum Gasteiger partial charge on any atom is 0.245 e. The number of aromatic nitrogens is 1. The fraction of sp³-hybridized carbons (Fsp3) is 0.500. The van der Waals surface area contributed by atoms with Crippen LogP contribution >= 0.6 is 0 Å². The van der Waals surface area contributed by atoms with Crippen LogP contribution in [0.1, 0.15) is 24.8 Å². The van der Waals surface area contributed by atoms with Gasteiger partial charge in [-0.3, -0.25) is 9.78 Å². The van der Waals surface area contributed by atoms with E-state index in [0.717, 1.165) is 43.6 Å². The van der Waals surface area contributed by atoms with Crippen molar-refractivity contribution in [1.29, 1.82) is 0 Å². The van der Waals surface area contributed by atoms with Gasteiger partial charge in [0.05, 0.1) is 12.3 Å². The van der Waals surface area contributed by atoms with E-state index in [-0.39, 0.29) is 11.8 Å². The predicted octanol–water partition coefficient (Wildman–Crippen LogP) is 1.02. The zero-order valence-electron chi connectivity index (χ0n) is 10.9. The quantitative estimate of drug-likeness (QED) is 0.861. The van der Waals surface area contributed by atoms with Crippen molar-refractivity contribution in [2.75, 3.05) is 19.6 Å². The number of hydrogen-bond donors (Lipinski definition) is 1. The zero-order valence-corrected chi connectivity index (χ0v) is 10.9. The Labute approximate surface area is 112 Å². The molecule has 1 fully saturated rings. The number of piperidine rings is 1. The summed E-state index contributed by atoms with van der Waals surface area (Å²) in [7, 11) is 0. The van der Waals surface area contributed by atoms with Crippen LogP contribution in [0.3, 0.4) is 0 Å². The van der Waals surface area contributed by atoms with Crippen molar-refractivity contribution in [3.05, 3.63) is 30.1 Å². The van der Waals surface area contributed by atoms with Gasteiger partial charge in [0.25, 0.3) is 0 Å². The number of hydrazone groups is 1. The number of carbonyl (C=O) groups excluding carboxylic acids is 1. The lowest BCUT2D eigenvalue weighted by Crippen LogP contribution is -2.38. The second-order valence-electron chi connectivity index (χ2n) is 5.02. The van der Waals surface area contributed by atoms with Crippen LogP contribution < -0.4 is 5.32 Å². The number of amides is 1. The van der Waals surface area contributed by atoms with Crippen molar-refractivity contribution in [2.24, 2.45) is 11.0 Å². The van der Waals surface area contributed by atoms with E-state index < -0.39 is 0 Å². The standard InChI is InChI=1S/C14H18N4O/c19-14(11-3-7-15-8-4-11)18-9-5-13(17-18)12-2-1-6-16-10-12/h1-2,6,10-11,15H,3-5,7-9H2. The number of nitrogens with one attached hydrogen (secondary N) is 1. The van der Waals surface area contributed by atoms with Gasteiger partial charge in [-0.1, -0.05) is 6.07 Å². The first-order valence-corrected chi connectivity index (χ1v) is 6.84. The molecule has 0 spiro atoms. The summed E-state index contributed by atoms with van der Waals surface area (Å²) < 4.78 is 0. The van der Waals surface area contributed by atoms with Crippen molar-refractivity contribution in [3.63, 3.8) is 0 Å². The van der Waals surface area contributed by atoms with Gasteiger partial charge < -0.3 is 5.32 Å². The molecule has 0 radical (unpaired) electrons. The Kier molecular flexibility index (Phi) is 3.55. The van der Waals surface area contributed by atoms with Gasteiger partial charge in [0.1, 0.15) is 0 Å². The van der Waals surface area contributed by atoms with Crippen LogP contribution in [0.4, 0.5) is 0 Å². The summed E-state index contributed by atoms with van der Waals surface area (Å²) >= 11 is 0. The first-order valence-electron chi connectivity index (χ1n) is 6.84. The van der Waals surface area contributed by atoms with Crippen LogP contribution in [0.5, 0.6) is 0 Å². The molecule has 0 aromatic carbocycles. The van der Waals surface area contributed by atoms with E-state index in [1.165, 1.54) is 0 Å². The summed E-state index contributed by atoms with van der Waals surface area (Å²) in [5, 5.41) is 9.40. The normalized spacial score (nSPS) is 20.4. The Morgan fingerprint density at radius 2 is 2.21 bits per heavy atom. The van der Waals surface area contributed by atoms with Crippen LogP contribution in [0, 0.1) is 5.92 Å². The zero-order chi connectivity index (χ0) is 13.1. The molecule has 0 atom stereocenters. The Morgan fingerprint density at radius 3 is 2.95 bits per heavy atom. The molecule has 0 aliphatic carbocycles. The highest BCUT2D eigenvalue weighted by Crippen LogP contribution is 2.20. The van der Waals surface area contributed by atoms with Crippen molar-refractivity contribution in [3.8, 4) is 0 Å². The summed E-state index contributed by atoms with van der Waals surface area (Å²) in [5.74, 6) is 0.318. The average Bonchev–Trinajstić information content (AvgIpc) is 2.98. The maximum absolute atomic E-state index is 12.4. The van der Waals surface area contributed by atoms with E-state index in [0.29, 0.717) is 6.54 Å². The monoisotopic (exact) mass is 258 g/mol. The van der Waals surface area contributed by atoms with Gasteiger partial charge in [-0.25, -0.2) is 5.01 Å². The van der Waals surface area contributed by atoms with E-state index in [1.54, 1.807) is 17.4 Å². The molecule has 1 N–H and O–H groups in total. The molecule has 0 bridgehead atoms. The molecular weight excluding hydrogens is 240 g/mol. The first kappa shape index (κ1) is 12.3. The second-order valence-corrected chi connectivity index (χ2v) is 5.02. The number of rotatable bonds is 2. The lowest BCUT2D eigenvalue weighted by Gasteiger charge is -2.24. The first-order chi connectivity index (χ1) is 9.34. The third-order valence-corrected chi connectivity index (χ3v) is 3.74. The van der Waals surface area contributed by atoms with Crippen LogP contribution in [-0.2, 0) is 4.79 Å². The minimum absolute atomic E-state index is 0.137. The second kappa shape index (κ2) is 5.48. The highest BCUT2D eigenvalue weighted by Gasteiger charge is 2.29. The van der Waals surface area contributed by atoms with Gasteiger partial charge in [0, 0.05) is 30.3 Å². The van der Waals surface area contributed by atoms with E-state index in [1.807, 2.05) is 12.1 Å². The molecule has 5 heteroatoms. The molecular formula is C14H18N4O. The molecule has 0 unspecified atom stereocenters. The summed E-state index contributed by atoms with van der Waals surface area (Å²) in [5.41, 5.74) is 1.98. The molecule has 1 aromatic heterocycles. The molecule has 5 nitrogen and oxygen atoms in total. The Hall–Kier alpha value is -1.75. The predicted molar refractivity (Wildman–Crippen MR) is 72.7 cm³/mol. The minimum Gasteiger partial charge on any atom is -0.317 e. The van der Waals surface area contributed by atoms with E-state index in [9.17, 15) is 4.79 Å². The third-order valence-electron chi connectivity index (χ3n) is 3.74. The van der Waals surface area contributed by atoms with E-state index >= 15 is 0 Å². The molecule has 3 rings (SSSR count). The highest BCUT2D eigenvalue weighted by atomic mass is 16.2. The SMILES string of the molecule is O=C(C1CCNCC1)N1CCC(c2cccnc2)=N1. The smallest absolute Gasteiger partial charge is 0.245 e. The van der Waals surface area contributed by atoms with Gasteiger partial charge in [0.2, 0.25) is 5.91 Å². The summed E-state index contributed by atoms with van der Waals surface area (Å²) in [6, 6.07) is 3.89. The number of carbonyl (C=O) groups is 1. The molecule has 2 aliphatic rings. The fourth-order valence-corrected chi connectivity index (χ4v) is 2.63. The summed E-state index contributed by atoms with van der Waals surface area (Å²) in [4.78, 5) is 16.4. The summed E-state index contributed by atoms with van der Waals surface area (Å²) in [6.07, 6.45) is 6.22. The Morgan fingerprint density at radius 1 is 1.37 bits per heavy atom. The highest BCUT2D eigenvalue weighted by molar-refractivity contribution is 6.02.